The van der Waals surface area contributed by atoms with Crippen LogP contribution in [0.4, 0.5) is 4.39 Å². The van der Waals surface area contributed by atoms with E-state index in [1.165, 1.54) is 12.1 Å². The minimum Gasteiger partial charge on any atom is -0.544 e. The lowest BCUT2D eigenvalue weighted by atomic mass is 10.2. The van der Waals surface area contributed by atoms with Gasteiger partial charge in [0.25, 0.3) is 0 Å². The van der Waals surface area contributed by atoms with Crippen molar-refractivity contribution < 1.29 is 19.2 Å². The molecule has 1 N–H and O–H groups in total. The molecule has 1 saturated heterocycles. The fourth-order valence-corrected chi connectivity index (χ4v) is 2.32. The number of carboxylic acid groups (broad SMARTS) is 1. The van der Waals surface area contributed by atoms with Crippen molar-refractivity contribution in [1.82, 2.24) is 0 Å². The zero-order chi connectivity index (χ0) is 11.5. The molecule has 0 bridgehead atoms. The number of carbonyl (C=O) groups excluding carboxylic acids is 1. The first-order valence-electron chi connectivity index (χ1n) is 5.46. The number of benzene rings is 1. The molecule has 1 heterocycles. The highest BCUT2D eigenvalue weighted by Gasteiger charge is 2.29. The summed E-state index contributed by atoms with van der Waals surface area (Å²) >= 11 is 0. The summed E-state index contributed by atoms with van der Waals surface area (Å²) in [6.07, 6.45) is 1.55. The summed E-state index contributed by atoms with van der Waals surface area (Å²) in [5.74, 6) is -1.27. The van der Waals surface area contributed by atoms with Crippen LogP contribution in [0.3, 0.4) is 0 Å². The molecular weight excluding hydrogens is 209 g/mol. The van der Waals surface area contributed by atoms with Crippen LogP contribution in [0.1, 0.15) is 18.4 Å². The monoisotopic (exact) mass is 223 g/mol. The van der Waals surface area contributed by atoms with Gasteiger partial charge in [-0.05, 0) is 12.1 Å². The molecular formula is C12H14FNO2. The third kappa shape index (κ3) is 2.39. The van der Waals surface area contributed by atoms with Gasteiger partial charge in [-0.25, -0.2) is 4.39 Å². The lowest BCUT2D eigenvalue weighted by Gasteiger charge is -2.22. The van der Waals surface area contributed by atoms with E-state index in [0.29, 0.717) is 13.0 Å². The number of likely N-dealkylation sites (tertiary alicyclic amines) is 1. The molecule has 2 rings (SSSR count). The van der Waals surface area contributed by atoms with E-state index >= 15 is 0 Å². The molecule has 0 amide bonds. The number of hydrogen-bond donors (Lipinski definition) is 1. The minimum absolute atomic E-state index is 0.277. The zero-order valence-electron chi connectivity index (χ0n) is 8.91. The smallest absolute Gasteiger partial charge is 0.128 e. The Morgan fingerprint density at radius 2 is 2.38 bits per heavy atom. The maximum absolute atomic E-state index is 13.0. The molecule has 0 radical (unpaired) electrons. The second-order valence-corrected chi connectivity index (χ2v) is 4.23. The molecule has 2 atom stereocenters. The topological polar surface area (TPSA) is 44.6 Å². The predicted molar refractivity (Wildman–Crippen MR) is 54.0 cm³/mol. The second kappa shape index (κ2) is 4.61. The number of carbonyl (C=O) groups is 1. The van der Waals surface area contributed by atoms with Crippen molar-refractivity contribution >= 4 is 5.97 Å². The van der Waals surface area contributed by atoms with Gasteiger partial charge in [-0.15, -0.1) is 0 Å². The first-order valence-corrected chi connectivity index (χ1v) is 5.46. The van der Waals surface area contributed by atoms with Gasteiger partial charge in [0.15, 0.2) is 0 Å². The second-order valence-electron chi connectivity index (χ2n) is 4.23. The van der Waals surface area contributed by atoms with Gasteiger partial charge in [-0.2, -0.15) is 0 Å². The van der Waals surface area contributed by atoms with Gasteiger partial charge >= 0.3 is 0 Å². The summed E-state index contributed by atoms with van der Waals surface area (Å²) < 4.78 is 13.0. The normalized spacial score (nSPS) is 24.6. The molecule has 1 aliphatic rings. The Balaban J connectivity index is 2.06. The van der Waals surface area contributed by atoms with Crippen molar-refractivity contribution in [3.63, 3.8) is 0 Å². The van der Waals surface area contributed by atoms with Crippen LogP contribution in [0.2, 0.25) is 0 Å². The highest BCUT2D eigenvalue weighted by molar-refractivity contribution is 5.69. The molecule has 3 nitrogen and oxygen atoms in total. The number of carboxylic acids is 1. The Bertz CT molecular complexity index is 394. The molecule has 1 aromatic carbocycles. The van der Waals surface area contributed by atoms with E-state index in [4.69, 9.17) is 0 Å². The Morgan fingerprint density at radius 1 is 1.56 bits per heavy atom. The van der Waals surface area contributed by atoms with Crippen molar-refractivity contribution in [2.75, 3.05) is 6.54 Å². The Labute approximate surface area is 93.5 Å². The van der Waals surface area contributed by atoms with E-state index < -0.39 is 12.0 Å². The SMILES string of the molecule is O=C([O-])[C@@H]1CCC[NH+]1Cc1cccc(F)c1. The van der Waals surface area contributed by atoms with Gasteiger partial charge in [0.05, 0.1) is 12.5 Å². The van der Waals surface area contributed by atoms with E-state index in [0.717, 1.165) is 23.4 Å². The van der Waals surface area contributed by atoms with Gasteiger partial charge < -0.3 is 14.8 Å². The first kappa shape index (κ1) is 11.1. The molecule has 4 heteroatoms. The highest BCUT2D eigenvalue weighted by Crippen LogP contribution is 2.04. The molecule has 1 aliphatic heterocycles. The Kier molecular flexibility index (Phi) is 3.19. The molecule has 1 aromatic rings. The van der Waals surface area contributed by atoms with Crippen LogP contribution in [-0.2, 0) is 11.3 Å². The van der Waals surface area contributed by atoms with E-state index in [-0.39, 0.29) is 5.82 Å². The van der Waals surface area contributed by atoms with Crippen molar-refractivity contribution in [2.45, 2.75) is 25.4 Å². The van der Waals surface area contributed by atoms with E-state index in [9.17, 15) is 14.3 Å². The quantitative estimate of drug-likeness (QED) is 0.723. The van der Waals surface area contributed by atoms with Crippen LogP contribution >= 0.6 is 0 Å². The lowest BCUT2D eigenvalue weighted by molar-refractivity contribution is -0.919. The van der Waals surface area contributed by atoms with Crippen LogP contribution in [0, 0.1) is 5.82 Å². The fraction of sp³-hybridized carbons (Fsp3) is 0.417. The summed E-state index contributed by atoms with van der Waals surface area (Å²) in [6.45, 7) is 1.37. The van der Waals surface area contributed by atoms with Crippen LogP contribution < -0.4 is 10.0 Å². The van der Waals surface area contributed by atoms with Crippen molar-refractivity contribution in [2.24, 2.45) is 0 Å². The first-order chi connectivity index (χ1) is 7.66. The molecule has 16 heavy (non-hydrogen) atoms. The maximum Gasteiger partial charge on any atom is 0.128 e. The molecule has 0 aromatic heterocycles. The highest BCUT2D eigenvalue weighted by atomic mass is 19.1. The van der Waals surface area contributed by atoms with Gasteiger partial charge in [0.1, 0.15) is 18.4 Å². The summed E-state index contributed by atoms with van der Waals surface area (Å²) in [7, 11) is 0. The average Bonchev–Trinajstić information content (AvgIpc) is 2.66. The molecule has 0 aliphatic carbocycles. The average molecular weight is 223 g/mol. The van der Waals surface area contributed by atoms with E-state index in [1.807, 2.05) is 6.07 Å². The minimum atomic E-state index is -0.996. The zero-order valence-corrected chi connectivity index (χ0v) is 8.91. The predicted octanol–water partition coefficient (Wildman–Crippen LogP) is -0.877. The van der Waals surface area contributed by atoms with Gasteiger partial charge in [-0.3, -0.25) is 0 Å². The Morgan fingerprint density at radius 3 is 3.06 bits per heavy atom. The third-order valence-electron chi connectivity index (χ3n) is 3.09. The van der Waals surface area contributed by atoms with E-state index in [1.54, 1.807) is 6.07 Å². The molecule has 0 spiro atoms. The number of halogens is 1. The summed E-state index contributed by atoms with van der Waals surface area (Å²) in [6, 6.07) is 5.87. The number of quaternary nitrogens is 1. The fourth-order valence-electron chi connectivity index (χ4n) is 2.32. The number of hydrogen-bond acceptors (Lipinski definition) is 2. The summed E-state index contributed by atoms with van der Waals surface area (Å²) in [5, 5.41) is 10.9. The van der Waals surface area contributed by atoms with Gasteiger partial charge in [-0.1, -0.05) is 12.1 Å². The van der Waals surface area contributed by atoms with Gasteiger partial charge in [0, 0.05) is 18.4 Å². The summed E-state index contributed by atoms with van der Waals surface area (Å²) in [5.41, 5.74) is 0.836. The number of rotatable bonds is 3. The van der Waals surface area contributed by atoms with Crippen LogP contribution in [0.25, 0.3) is 0 Å². The third-order valence-corrected chi connectivity index (χ3v) is 3.09. The van der Waals surface area contributed by atoms with Gasteiger partial charge in [0.2, 0.25) is 0 Å². The Hall–Kier alpha value is -1.42. The van der Waals surface area contributed by atoms with Crippen LogP contribution in [-0.4, -0.2) is 18.6 Å². The van der Waals surface area contributed by atoms with Crippen LogP contribution in [0.15, 0.2) is 24.3 Å². The lowest BCUT2D eigenvalue weighted by Crippen LogP contribution is -3.14. The molecule has 1 fully saturated rings. The molecule has 0 saturated carbocycles. The van der Waals surface area contributed by atoms with Crippen molar-refractivity contribution in [3.8, 4) is 0 Å². The molecule has 1 unspecified atom stereocenters. The maximum atomic E-state index is 13.0. The number of nitrogens with one attached hydrogen (secondary N) is 1. The standard InChI is InChI=1S/C12H14FNO2/c13-10-4-1-3-9(7-10)8-14-6-2-5-11(14)12(15)16/h1,3-4,7,11H,2,5-6,8H2,(H,15,16)/t11-/m0/s1. The molecule has 86 valence electrons. The largest absolute Gasteiger partial charge is 0.544 e. The van der Waals surface area contributed by atoms with E-state index in [2.05, 4.69) is 0 Å². The van der Waals surface area contributed by atoms with Crippen molar-refractivity contribution in [1.29, 1.82) is 0 Å². The summed E-state index contributed by atoms with van der Waals surface area (Å²) in [4.78, 5) is 11.8. The number of aliphatic carboxylic acids is 1. The van der Waals surface area contributed by atoms with Crippen molar-refractivity contribution in [3.05, 3.63) is 35.6 Å². The van der Waals surface area contributed by atoms with Crippen LogP contribution in [0.5, 0.6) is 0 Å².